The summed E-state index contributed by atoms with van der Waals surface area (Å²) in [6, 6.07) is 23.7. The largest absolute Gasteiger partial charge is 0.343 e. The molecule has 0 heterocycles. The molecule has 0 saturated carbocycles. The summed E-state index contributed by atoms with van der Waals surface area (Å²) in [4.78, 5) is 48.6. The molecule has 4 amide bonds. The van der Waals surface area contributed by atoms with Crippen molar-refractivity contribution in [1.29, 1.82) is 0 Å². The van der Waals surface area contributed by atoms with Gasteiger partial charge >= 0.3 is 0 Å². The molecule has 4 N–H and O–H groups in total. The number of benzene rings is 3. The van der Waals surface area contributed by atoms with Crippen LogP contribution in [0.5, 0.6) is 0 Å². The predicted molar refractivity (Wildman–Crippen MR) is 121 cm³/mol. The van der Waals surface area contributed by atoms with Gasteiger partial charge in [-0.05, 0) is 36.4 Å². The van der Waals surface area contributed by atoms with Gasteiger partial charge in [-0.1, -0.05) is 48.5 Å². The van der Waals surface area contributed by atoms with Crippen LogP contribution in [-0.4, -0.2) is 36.7 Å². The van der Waals surface area contributed by atoms with Crippen LogP contribution in [0.2, 0.25) is 0 Å². The molecule has 0 aliphatic carbocycles. The number of amides is 4. The fourth-order valence-corrected chi connectivity index (χ4v) is 2.79. The third-order valence-corrected chi connectivity index (χ3v) is 4.37. The van der Waals surface area contributed by atoms with E-state index in [2.05, 4.69) is 21.3 Å². The molecule has 0 fully saturated rings. The normalized spacial score (nSPS) is 10.0. The molecular formula is C24H22N4O4. The molecule has 0 bridgehead atoms. The van der Waals surface area contributed by atoms with Crippen molar-refractivity contribution in [3.63, 3.8) is 0 Å². The Morgan fingerprint density at radius 3 is 1.22 bits per heavy atom. The summed E-state index contributed by atoms with van der Waals surface area (Å²) in [5.74, 6) is -1.63. The topological polar surface area (TPSA) is 116 Å². The first-order chi connectivity index (χ1) is 15.5. The van der Waals surface area contributed by atoms with Crippen molar-refractivity contribution in [3.8, 4) is 0 Å². The van der Waals surface area contributed by atoms with Gasteiger partial charge in [0.25, 0.3) is 11.8 Å². The van der Waals surface area contributed by atoms with E-state index < -0.39 is 11.8 Å². The number of anilines is 2. The Morgan fingerprint density at radius 1 is 0.500 bits per heavy atom. The van der Waals surface area contributed by atoms with Crippen molar-refractivity contribution < 1.29 is 19.2 Å². The van der Waals surface area contributed by atoms with Gasteiger partial charge in [0.05, 0.1) is 24.5 Å². The van der Waals surface area contributed by atoms with Gasteiger partial charge in [-0.15, -0.1) is 0 Å². The highest BCUT2D eigenvalue weighted by Gasteiger charge is 2.12. The van der Waals surface area contributed by atoms with Crippen molar-refractivity contribution in [3.05, 3.63) is 96.1 Å². The molecular weight excluding hydrogens is 408 g/mol. The minimum Gasteiger partial charge on any atom is -0.343 e. The van der Waals surface area contributed by atoms with Crippen LogP contribution in [0.1, 0.15) is 20.7 Å². The van der Waals surface area contributed by atoms with Gasteiger partial charge in [-0.3, -0.25) is 19.2 Å². The smallest absolute Gasteiger partial charge is 0.251 e. The minimum atomic E-state index is -0.451. The molecule has 0 spiro atoms. The predicted octanol–water partition coefficient (Wildman–Crippen LogP) is 2.42. The Balaban J connectivity index is 1.51. The van der Waals surface area contributed by atoms with Gasteiger partial charge in [0.15, 0.2) is 0 Å². The summed E-state index contributed by atoms with van der Waals surface area (Å²) >= 11 is 0. The highest BCUT2D eigenvalue weighted by molar-refractivity contribution is 6.04. The number of para-hydroxylation sites is 2. The summed E-state index contributed by atoms with van der Waals surface area (Å²) in [7, 11) is 0. The van der Waals surface area contributed by atoms with E-state index in [0.717, 1.165) is 0 Å². The molecule has 3 aromatic rings. The summed E-state index contributed by atoms with van der Waals surface area (Å²) < 4.78 is 0. The zero-order valence-electron chi connectivity index (χ0n) is 17.1. The maximum Gasteiger partial charge on any atom is 0.251 e. The van der Waals surface area contributed by atoms with Crippen molar-refractivity contribution >= 4 is 35.0 Å². The van der Waals surface area contributed by atoms with Crippen LogP contribution < -0.4 is 21.3 Å². The minimum absolute atomic E-state index is 0.233. The van der Waals surface area contributed by atoms with Crippen molar-refractivity contribution in [1.82, 2.24) is 10.6 Å². The zero-order chi connectivity index (χ0) is 22.8. The second-order valence-corrected chi connectivity index (χ2v) is 6.74. The van der Waals surface area contributed by atoms with Crippen molar-refractivity contribution in [2.75, 3.05) is 23.7 Å². The van der Waals surface area contributed by atoms with E-state index in [9.17, 15) is 19.2 Å². The number of hydrogen-bond donors (Lipinski definition) is 4. The fourth-order valence-electron chi connectivity index (χ4n) is 2.79. The summed E-state index contributed by atoms with van der Waals surface area (Å²) in [6.45, 7) is -0.466. The van der Waals surface area contributed by atoms with Gasteiger partial charge in [-0.2, -0.15) is 0 Å². The maximum atomic E-state index is 12.3. The lowest BCUT2D eigenvalue weighted by Gasteiger charge is -2.13. The molecule has 3 aromatic carbocycles. The molecule has 3 rings (SSSR count). The molecule has 8 heteroatoms. The van der Waals surface area contributed by atoms with Crippen LogP contribution in [0.15, 0.2) is 84.9 Å². The SMILES string of the molecule is O=C(CNC(=O)c1ccccc1)Nc1ccccc1NC(=O)CNC(=O)c1ccccc1. The summed E-state index contributed by atoms with van der Waals surface area (Å²) in [6.07, 6.45) is 0. The quantitative estimate of drug-likeness (QED) is 0.439. The Morgan fingerprint density at radius 2 is 0.844 bits per heavy atom. The average Bonchev–Trinajstić information content (AvgIpc) is 2.83. The van der Waals surface area contributed by atoms with E-state index in [1.54, 1.807) is 84.9 Å². The fraction of sp³-hybridized carbons (Fsp3) is 0.0833. The Labute approximate surface area is 185 Å². The Kier molecular flexibility index (Phi) is 7.69. The van der Waals surface area contributed by atoms with Crippen LogP contribution in [0.25, 0.3) is 0 Å². The van der Waals surface area contributed by atoms with Gasteiger partial charge in [0.2, 0.25) is 11.8 Å². The molecule has 0 aromatic heterocycles. The molecule has 8 nitrogen and oxygen atoms in total. The second kappa shape index (κ2) is 11.1. The second-order valence-electron chi connectivity index (χ2n) is 6.74. The monoisotopic (exact) mass is 430 g/mol. The lowest BCUT2D eigenvalue weighted by atomic mass is 10.2. The third-order valence-electron chi connectivity index (χ3n) is 4.37. The molecule has 0 aliphatic rings. The summed E-state index contributed by atoms with van der Waals surface area (Å²) in [5.41, 5.74) is 1.64. The maximum absolute atomic E-state index is 12.3. The van der Waals surface area contributed by atoms with Crippen LogP contribution in [0.4, 0.5) is 11.4 Å². The molecule has 162 valence electrons. The molecule has 0 saturated heterocycles. The lowest BCUT2D eigenvalue weighted by molar-refractivity contribution is -0.116. The van der Waals surface area contributed by atoms with Gasteiger partial charge < -0.3 is 21.3 Å². The molecule has 0 atom stereocenters. The summed E-state index contributed by atoms with van der Waals surface area (Å²) in [5, 5.41) is 10.4. The van der Waals surface area contributed by atoms with E-state index in [-0.39, 0.29) is 24.9 Å². The van der Waals surface area contributed by atoms with Crippen molar-refractivity contribution in [2.24, 2.45) is 0 Å². The number of hydrogen-bond acceptors (Lipinski definition) is 4. The van der Waals surface area contributed by atoms with Gasteiger partial charge in [0.1, 0.15) is 0 Å². The molecule has 0 aliphatic heterocycles. The third kappa shape index (κ3) is 6.53. The van der Waals surface area contributed by atoms with E-state index in [1.807, 2.05) is 0 Å². The number of rotatable bonds is 8. The van der Waals surface area contributed by atoms with Gasteiger partial charge in [-0.25, -0.2) is 0 Å². The van der Waals surface area contributed by atoms with Crippen molar-refractivity contribution in [2.45, 2.75) is 0 Å². The highest BCUT2D eigenvalue weighted by atomic mass is 16.2. The Hall–Kier alpha value is -4.46. The average molecular weight is 430 g/mol. The van der Waals surface area contributed by atoms with Gasteiger partial charge in [0, 0.05) is 11.1 Å². The molecule has 0 radical (unpaired) electrons. The van der Waals surface area contributed by atoms with Crippen LogP contribution in [0.3, 0.4) is 0 Å². The van der Waals surface area contributed by atoms with E-state index in [1.165, 1.54) is 0 Å². The Bertz CT molecular complexity index is 1010. The standard InChI is InChI=1S/C24H22N4O4/c29-21(15-25-23(31)17-9-3-1-4-10-17)27-19-13-7-8-14-20(19)28-22(30)16-26-24(32)18-11-5-2-6-12-18/h1-14H,15-16H2,(H,25,31)(H,26,32)(H,27,29)(H,28,30). The molecule has 32 heavy (non-hydrogen) atoms. The van der Waals surface area contributed by atoms with E-state index in [4.69, 9.17) is 0 Å². The van der Waals surface area contributed by atoms with E-state index in [0.29, 0.717) is 22.5 Å². The molecule has 0 unspecified atom stereocenters. The highest BCUT2D eigenvalue weighted by Crippen LogP contribution is 2.20. The lowest BCUT2D eigenvalue weighted by Crippen LogP contribution is -2.34. The number of carbonyl (C=O) groups excluding carboxylic acids is 4. The van der Waals surface area contributed by atoms with Crippen LogP contribution in [0, 0.1) is 0 Å². The van der Waals surface area contributed by atoms with E-state index >= 15 is 0 Å². The first kappa shape index (κ1) is 22.2. The van der Waals surface area contributed by atoms with Crippen LogP contribution in [-0.2, 0) is 9.59 Å². The first-order valence-electron chi connectivity index (χ1n) is 9.88. The zero-order valence-corrected chi connectivity index (χ0v) is 17.1. The number of nitrogens with one attached hydrogen (secondary N) is 4. The number of carbonyl (C=O) groups is 4. The van der Waals surface area contributed by atoms with Crippen LogP contribution >= 0.6 is 0 Å². The first-order valence-corrected chi connectivity index (χ1v) is 9.88.